The van der Waals surface area contributed by atoms with Crippen molar-refractivity contribution in [2.75, 3.05) is 6.54 Å². The maximum absolute atomic E-state index is 14.4. The lowest BCUT2D eigenvalue weighted by Crippen LogP contribution is -2.74. The van der Waals surface area contributed by atoms with Gasteiger partial charge in [-0.2, -0.15) is 0 Å². The minimum Gasteiger partial charge on any atom is -0.430 e. The quantitative estimate of drug-likeness (QED) is 0.260. The summed E-state index contributed by atoms with van der Waals surface area (Å²) in [6.07, 6.45) is -0.587. The van der Waals surface area contributed by atoms with E-state index in [-0.39, 0.29) is 26.9 Å². The highest BCUT2D eigenvalue weighted by molar-refractivity contribution is 7.96. The third-order valence-corrected chi connectivity index (χ3v) is 20.0. The van der Waals surface area contributed by atoms with Gasteiger partial charge in [-0.3, -0.25) is 0 Å². The van der Waals surface area contributed by atoms with Gasteiger partial charge in [0.2, 0.25) is 18.3 Å². The number of nitrogens with one attached hydrogen (secondary N) is 1. The van der Waals surface area contributed by atoms with Gasteiger partial charge in [0.1, 0.15) is 8.42 Å². The van der Waals surface area contributed by atoms with E-state index < -0.39 is 56.1 Å². The highest BCUT2D eigenvalue weighted by Gasteiger charge is 2.52. The van der Waals surface area contributed by atoms with Crippen LogP contribution in [0.15, 0.2) is 75.1 Å². The number of carbonyl (C=O) groups is 1. The molecule has 3 aromatic rings. The van der Waals surface area contributed by atoms with Gasteiger partial charge in [-0.15, -0.1) is 11.3 Å². The number of sulfone groups is 1. The molecule has 2 aromatic carbocycles. The lowest BCUT2D eigenvalue weighted by atomic mass is 10.0. The average molecular weight is 669 g/mol. The molecule has 13 heteroatoms. The number of nitrogens with zero attached hydrogens (tertiary/aromatic N) is 1. The molecular formula is C29H37ClN2O6S3Si. The molecule has 0 spiro atoms. The van der Waals surface area contributed by atoms with Gasteiger partial charge in [0.15, 0.2) is 15.4 Å². The van der Waals surface area contributed by atoms with Gasteiger partial charge in [0.25, 0.3) is 0 Å². The zero-order valence-corrected chi connectivity index (χ0v) is 28.7. The van der Waals surface area contributed by atoms with E-state index in [1.54, 1.807) is 13.8 Å². The van der Waals surface area contributed by atoms with Gasteiger partial charge in [-0.25, -0.2) is 26.0 Å². The first-order valence-electron chi connectivity index (χ1n) is 13.7. The first-order valence-corrected chi connectivity index (χ1v) is 20.0. The lowest BCUT2D eigenvalue weighted by molar-refractivity contribution is 0.0791. The van der Waals surface area contributed by atoms with Crippen LogP contribution < -0.4 is 14.8 Å². The van der Waals surface area contributed by atoms with Crippen molar-refractivity contribution in [2.24, 2.45) is 0 Å². The van der Waals surface area contributed by atoms with Crippen LogP contribution in [0.25, 0.3) is 0 Å². The number of hydrogen-bond donors (Lipinski definition) is 1. The fourth-order valence-electron chi connectivity index (χ4n) is 5.61. The standard InChI is InChI=1S/C29H37ClN2O6S3Si/c1-7-32(28(33)38-21(3)30)25-18-20(2)40(34,35)27-24(25)19-26(39-27)41(36,37)31-42(29(4,5)6,22-14-10-8-11-15-22)23-16-12-9-13-17-23/h8-17,19-21,25,31H,7,18H2,1-6H3/t20-,21?,25-/m0/s1. The predicted octanol–water partition coefficient (Wildman–Crippen LogP) is 5.24. The Morgan fingerprint density at radius 1 is 1.12 bits per heavy atom. The first-order chi connectivity index (χ1) is 19.6. The van der Waals surface area contributed by atoms with Crippen LogP contribution >= 0.6 is 22.9 Å². The fraction of sp³-hybridized carbons (Fsp3) is 0.414. The number of sulfonamides is 1. The van der Waals surface area contributed by atoms with Gasteiger partial charge < -0.3 is 9.64 Å². The summed E-state index contributed by atoms with van der Waals surface area (Å²) < 4.78 is 64.0. The van der Waals surface area contributed by atoms with Gasteiger partial charge in [0.05, 0.1) is 11.3 Å². The number of benzene rings is 2. The molecule has 4 rings (SSSR count). The van der Waals surface area contributed by atoms with E-state index in [0.29, 0.717) is 0 Å². The molecule has 8 nitrogen and oxygen atoms in total. The van der Waals surface area contributed by atoms with E-state index in [1.165, 1.54) is 17.9 Å². The molecule has 1 N–H and O–H groups in total. The molecule has 0 bridgehead atoms. The fourth-order valence-corrected chi connectivity index (χ4v) is 18.1. The Bertz CT molecular complexity index is 1600. The number of carbonyl (C=O) groups excluding carboxylic acids is 1. The highest BCUT2D eigenvalue weighted by atomic mass is 35.5. The maximum atomic E-state index is 14.4. The monoisotopic (exact) mass is 668 g/mol. The molecule has 42 heavy (non-hydrogen) atoms. The molecule has 228 valence electrons. The third-order valence-electron chi connectivity index (χ3n) is 7.71. The lowest BCUT2D eigenvalue weighted by Gasteiger charge is -2.43. The molecule has 2 heterocycles. The molecule has 1 aromatic heterocycles. The molecule has 0 radical (unpaired) electrons. The van der Waals surface area contributed by atoms with E-state index in [0.717, 1.165) is 21.7 Å². The van der Waals surface area contributed by atoms with Crippen LogP contribution in [0.4, 0.5) is 4.79 Å². The molecule has 1 aliphatic rings. The number of fused-ring (bicyclic) bond motifs is 1. The summed E-state index contributed by atoms with van der Waals surface area (Å²) in [5.41, 5.74) is -0.605. The minimum atomic E-state index is -4.24. The van der Waals surface area contributed by atoms with Crippen molar-refractivity contribution in [1.82, 2.24) is 9.29 Å². The van der Waals surface area contributed by atoms with Crippen molar-refractivity contribution in [3.05, 3.63) is 72.3 Å². The highest BCUT2D eigenvalue weighted by Crippen LogP contribution is 2.46. The zero-order chi connectivity index (χ0) is 31.1. The van der Waals surface area contributed by atoms with E-state index in [4.69, 9.17) is 16.3 Å². The summed E-state index contributed by atoms with van der Waals surface area (Å²) in [5.74, 6) is 0. The van der Waals surface area contributed by atoms with Crippen LogP contribution in [0.2, 0.25) is 5.04 Å². The van der Waals surface area contributed by atoms with Crippen molar-refractivity contribution in [3.8, 4) is 0 Å². The van der Waals surface area contributed by atoms with Crippen molar-refractivity contribution in [3.63, 3.8) is 0 Å². The maximum Gasteiger partial charge on any atom is 0.411 e. The molecule has 1 amide bonds. The smallest absolute Gasteiger partial charge is 0.411 e. The number of alkyl halides is 1. The Balaban J connectivity index is 1.90. The van der Waals surface area contributed by atoms with Gasteiger partial charge in [-0.05, 0) is 48.7 Å². The molecule has 0 saturated heterocycles. The van der Waals surface area contributed by atoms with Gasteiger partial charge in [-0.1, -0.05) is 93.0 Å². The summed E-state index contributed by atoms with van der Waals surface area (Å²) >= 11 is 6.63. The summed E-state index contributed by atoms with van der Waals surface area (Å²) in [7, 11) is -11.4. The largest absolute Gasteiger partial charge is 0.430 e. The number of halogens is 1. The molecule has 0 fully saturated rings. The topological polar surface area (TPSA) is 110 Å². The van der Waals surface area contributed by atoms with Crippen LogP contribution in [0.3, 0.4) is 0 Å². The van der Waals surface area contributed by atoms with Gasteiger partial charge >= 0.3 is 6.09 Å². The summed E-state index contributed by atoms with van der Waals surface area (Å²) in [6.45, 7) is 11.1. The molecule has 3 atom stereocenters. The van der Waals surface area contributed by atoms with Crippen molar-refractivity contribution in [1.29, 1.82) is 0 Å². The van der Waals surface area contributed by atoms with E-state index in [1.807, 2.05) is 81.4 Å². The van der Waals surface area contributed by atoms with Crippen molar-refractivity contribution >= 4 is 67.5 Å². The number of ether oxygens (including phenoxy) is 1. The second-order valence-electron chi connectivity index (χ2n) is 11.5. The zero-order valence-electron chi connectivity index (χ0n) is 24.5. The van der Waals surface area contributed by atoms with E-state index >= 15 is 0 Å². The SMILES string of the molecule is CCN(C(=O)OC(C)Cl)[C@H]1C[C@H](C)S(=O)(=O)c2sc(S(=O)(=O)N[Si](c3ccccc3)(c3ccccc3)C(C)(C)C)cc21. The van der Waals surface area contributed by atoms with Crippen LogP contribution in [0.5, 0.6) is 0 Å². The Hall–Kier alpha value is -2.22. The number of hydrogen-bond acceptors (Lipinski definition) is 7. The molecular weight excluding hydrogens is 632 g/mol. The molecule has 1 unspecified atom stereocenters. The van der Waals surface area contributed by atoms with Crippen molar-refractivity contribution < 1.29 is 26.4 Å². The Labute approximate surface area is 259 Å². The summed E-state index contributed by atoms with van der Waals surface area (Å²) in [6, 6.07) is 19.8. The second kappa shape index (κ2) is 12.0. The first kappa shape index (κ1) is 32.7. The summed E-state index contributed by atoms with van der Waals surface area (Å²) in [5, 5.41) is 0.402. The van der Waals surface area contributed by atoms with E-state index in [2.05, 4.69) is 4.39 Å². The number of amides is 1. The van der Waals surface area contributed by atoms with Gasteiger partial charge in [0, 0.05) is 12.1 Å². The van der Waals surface area contributed by atoms with Crippen LogP contribution in [0.1, 0.15) is 59.6 Å². The Kier molecular flexibility index (Phi) is 9.37. The number of thiophene rings is 1. The Morgan fingerprint density at radius 3 is 2.10 bits per heavy atom. The third kappa shape index (κ3) is 5.94. The number of rotatable bonds is 8. The van der Waals surface area contributed by atoms with Crippen molar-refractivity contribution in [2.45, 2.75) is 78.3 Å². The van der Waals surface area contributed by atoms with Crippen LogP contribution in [-0.4, -0.2) is 53.4 Å². The molecule has 0 aliphatic carbocycles. The second-order valence-corrected chi connectivity index (χ2v) is 22.4. The van der Waals surface area contributed by atoms with Crippen LogP contribution in [0, 0.1) is 0 Å². The molecule has 0 saturated carbocycles. The predicted molar refractivity (Wildman–Crippen MR) is 170 cm³/mol. The van der Waals surface area contributed by atoms with E-state index in [9.17, 15) is 21.6 Å². The molecule has 1 aliphatic heterocycles. The average Bonchev–Trinajstić information content (AvgIpc) is 3.39. The Morgan fingerprint density at radius 2 is 1.64 bits per heavy atom. The minimum absolute atomic E-state index is 0.0424. The normalized spacial score (nSPS) is 19.5. The summed E-state index contributed by atoms with van der Waals surface area (Å²) in [4.78, 5) is 14.3. The van der Waals surface area contributed by atoms with Crippen LogP contribution in [-0.2, 0) is 24.6 Å².